The zero-order valence-corrected chi connectivity index (χ0v) is 10.2. The molecule has 0 spiro atoms. The number of hydrogen-bond donors (Lipinski definition) is 1. The van der Waals surface area contributed by atoms with Crippen molar-refractivity contribution in [1.29, 1.82) is 0 Å². The van der Waals surface area contributed by atoms with Gasteiger partial charge in [0.05, 0.1) is 4.90 Å². The van der Waals surface area contributed by atoms with E-state index in [1.807, 2.05) is 0 Å². The van der Waals surface area contributed by atoms with Crippen LogP contribution in [0.2, 0.25) is 0 Å². The molecule has 0 amide bonds. The molecule has 0 radical (unpaired) electrons. The van der Waals surface area contributed by atoms with Gasteiger partial charge in [0.25, 0.3) is 10.1 Å². The summed E-state index contributed by atoms with van der Waals surface area (Å²) in [6.45, 7) is 0. The summed E-state index contributed by atoms with van der Waals surface area (Å²) in [7, 11) is -9.62. The van der Waals surface area contributed by atoms with Crippen molar-refractivity contribution in [3.8, 4) is 0 Å². The molecule has 7 nitrogen and oxygen atoms in total. The van der Waals surface area contributed by atoms with Crippen molar-refractivity contribution < 1.29 is 49.6 Å². The van der Waals surface area contributed by atoms with Gasteiger partial charge in [-0.25, -0.2) is 8.42 Å². The Labute approximate surface area is 110 Å². The molecule has 0 bridgehead atoms. The van der Waals surface area contributed by atoms with Crippen molar-refractivity contribution in [3.05, 3.63) is 23.8 Å². The Kier molecular flexibility index (Phi) is 5.09. The van der Waals surface area contributed by atoms with Crippen LogP contribution >= 0.6 is 0 Å². The Balaban J connectivity index is 0.00000256. The molecule has 0 saturated heterocycles. The minimum absolute atomic E-state index is 0. The molecule has 0 saturated carbocycles. The molecule has 1 aromatic carbocycles. The second-order valence-electron chi connectivity index (χ2n) is 2.75. The van der Waals surface area contributed by atoms with Crippen LogP contribution in [0.3, 0.4) is 0 Å². The summed E-state index contributed by atoms with van der Waals surface area (Å²) in [5.74, 6) is 0. The number of aldehydes is 1. The van der Waals surface area contributed by atoms with E-state index in [0.29, 0.717) is 6.07 Å². The SMILES string of the molecule is O=Cc1ccc(S(=O)(=O)[O-])cc1S(=O)(=O)O.[Li+]. The summed E-state index contributed by atoms with van der Waals surface area (Å²) in [5, 5.41) is 0. The average Bonchev–Trinajstić information content (AvgIpc) is 2.14. The Hall–Kier alpha value is -0.693. The summed E-state index contributed by atoms with van der Waals surface area (Å²) in [6.07, 6.45) is 0.115. The predicted molar refractivity (Wildman–Crippen MR) is 49.6 cm³/mol. The monoisotopic (exact) mass is 272 g/mol. The van der Waals surface area contributed by atoms with Crippen LogP contribution in [0.15, 0.2) is 28.0 Å². The van der Waals surface area contributed by atoms with E-state index >= 15 is 0 Å². The maximum Gasteiger partial charge on any atom is 1.00 e. The Morgan fingerprint density at radius 3 is 2.06 bits per heavy atom. The molecule has 0 atom stereocenters. The number of benzene rings is 1. The van der Waals surface area contributed by atoms with E-state index in [4.69, 9.17) is 4.55 Å². The van der Waals surface area contributed by atoms with Gasteiger partial charge in [-0.3, -0.25) is 9.35 Å². The molecule has 1 rings (SSSR count). The van der Waals surface area contributed by atoms with Crippen LogP contribution in [0, 0.1) is 0 Å². The smallest absolute Gasteiger partial charge is 0.744 e. The fraction of sp³-hybridized carbons (Fsp3) is 0. The van der Waals surface area contributed by atoms with Crippen LogP contribution in [0.1, 0.15) is 10.4 Å². The van der Waals surface area contributed by atoms with Crippen LogP contribution in [-0.4, -0.2) is 32.2 Å². The Bertz CT molecular complexity index is 632. The van der Waals surface area contributed by atoms with E-state index in [1.54, 1.807) is 0 Å². The second-order valence-corrected chi connectivity index (χ2v) is 5.52. The second kappa shape index (κ2) is 5.30. The Morgan fingerprint density at radius 1 is 1.18 bits per heavy atom. The molecule has 10 heteroatoms. The average molecular weight is 272 g/mol. The maximum absolute atomic E-state index is 10.8. The molecular formula is C7H5LiO7S2. The molecule has 0 aromatic heterocycles. The molecule has 0 aliphatic rings. The first-order chi connectivity index (χ1) is 7.16. The first-order valence-corrected chi connectivity index (χ1v) is 6.53. The fourth-order valence-corrected chi connectivity index (χ4v) is 2.25. The summed E-state index contributed by atoms with van der Waals surface area (Å²) in [5.41, 5.74) is -0.435. The maximum atomic E-state index is 10.8. The topological polar surface area (TPSA) is 129 Å². The molecule has 1 aromatic rings. The zero-order valence-electron chi connectivity index (χ0n) is 8.52. The van der Waals surface area contributed by atoms with Gasteiger partial charge in [0.15, 0.2) is 6.29 Å². The molecule has 0 aliphatic heterocycles. The standard InChI is InChI=1S/C7H6O7S2.Li/c8-4-5-1-2-6(15(9,10)11)3-7(5)16(12,13)14;/h1-4H,(H,9,10,11)(H,12,13,14);/q;+1/p-1. The first kappa shape index (κ1) is 16.3. The van der Waals surface area contributed by atoms with Crippen LogP contribution in [0.5, 0.6) is 0 Å². The zero-order chi connectivity index (χ0) is 12.6. The quantitative estimate of drug-likeness (QED) is 0.346. The van der Waals surface area contributed by atoms with Gasteiger partial charge >= 0.3 is 18.9 Å². The largest absolute Gasteiger partial charge is 1.00 e. The number of hydrogen-bond acceptors (Lipinski definition) is 6. The van der Waals surface area contributed by atoms with Gasteiger partial charge in [-0.05, 0) is 18.2 Å². The van der Waals surface area contributed by atoms with E-state index < -0.39 is 35.6 Å². The van der Waals surface area contributed by atoms with Crippen molar-refractivity contribution in [2.45, 2.75) is 9.79 Å². The predicted octanol–water partition coefficient (Wildman–Crippen LogP) is -3.35. The normalized spacial score (nSPS) is 11.6. The molecule has 88 valence electrons. The van der Waals surface area contributed by atoms with Crippen molar-refractivity contribution >= 4 is 26.5 Å². The van der Waals surface area contributed by atoms with Gasteiger partial charge in [-0.15, -0.1) is 0 Å². The van der Waals surface area contributed by atoms with E-state index in [1.165, 1.54) is 0 Å². The van der Waals surface area contributed by atoms with Crippen molar-refractivity contribution in [3.63, 3.8) is 0 Å². The van der Waals surface area contributed by atoms with Gasteiger partial charge in [0.1, 0.15) is 15.0 Å². The number of carbonyl (C=O) groups excluding carboxylic acids is 1. The summed E-state index contributed by atoms with van der Waals surface area (Å²) < 4.78 is 62.1. The molecule has 0 fully saturated rings. The van der Waals surface area contributed by atoms with Crippen LogP contribution < -0.4 is 18.9 Å². The fourth-order valence-electron chi connectivity index (χ4n) is 0.991. The molecule has 1 N–H and O–H groups in total. The third kappa shape index (κ3) is 3.92. The third-order valence-corrected chi connectivity index (χ3v) is 3.42. The summed E-state index contributed by atoms with van der Waals surface area (Å²) >= 11 is 0. The van der Waals surface area contributed by atoms with Crippen molar-refractivity contribution in [2.75, 3.05) is 0 Å². The van der Waals surface area contributed by atoms with Crippen LogP contribution in [-0.2, 0) is 20.2 Å². The molecule has 17 heavy (non-hydrogen) atoms. The first-order valence-electron chi connectivity index (χ1n) is 3.69. The van der Waals surface area contributed by atoms with Gasteiger partial charge in [-0.2, -0.15) is 8.42 Å². The van der Waals surface area contributed by atoms with Gasteiger partial charge < -0.3 is 4.55 Å². The van der Waals surface area contributed by atoms with E-state index in [0.717, 1.165) is 12.1 Å². The summed E-state index contributed by atoms with van der Waals surface area (Å²) in [6, 6.07) is 2.03. The molecule has 0 unspecified atom stereocenters. The van der Waals surface area contributed by atoms with Gasteiger partial charge in [-0.1, -0.05) is 0 Å². The third-order valence-electron chi connectivity index (χ3n) is 1.68. The van der Waals surface area contributed by atoms with Crippen LogP contribution in [0.4, 0.5) is 0 Å². The van der Waals surface area contributed by atoms with Gasteiger partial charge in [0.2, 0.25) is 0 Å². The van der Waals surface area contributed by atoms with Gasteiger partial charge in [0, 0.05) is 5.56 Å². The molecular weight excluding hydrogens is 267 g/mol. The molecule has 0 aliphatic carbocycles. The van der Waals surface area contributed by atoms with E-state index in [2.05, 4.69) is 0 Å². The Morgan fingerprint density at radius 2 is 1.71 bits per heavy atom. The minimum atomic E-state index is -4.85. The minimum Gasteiger partial charge on any atom is -0.744 e. The van der Waals surface area contributed by atoms with Crippen molar-refractivity contribution in [2.24, 2.45) is 0 Å². The number of rotatable bonds is 3. The summed E-state index contributed by atoms with van der Waals surface area (Å²) in [4.78, 5) is 8.67. The molecule has 0 heterocycles. The van der Waals surface area contributed by atoms with Crippen molar-refractivity contribution in [1.82, 2.24) is 0 Å². The number of carbonyl (C=O) groups is 1. The van der Waals surface area contributed by atoms with E-state index in [-0.39, 0.29) is 25.1 Å². The van der Waals surface area contributed by atoms with E-state index in [9.17, 15) is 26.2 Å². The van der Waals surface area contributed by atoms with Crippen LogP contribution in [0.25, 0.3) is 0 Å².